The van der Waals surface area contributed by atoms with Gasteiger partial charge in [0.25, 0.3) is 0 Å². The first-order valence-corrected chi connectivity index (χ1v) is 16.3. The van der Waals surface area contributed by atoms with Gasteiger partial charge in [-0.05, 0) is 92.7 Å². The number of Topliss-reactive ketones (excluding diaryl/α,β-unsaturated/α-hetero) is 1. The number of hydrogen-bond acceptors (Lipinski definition) is 2. The zero-order valence-corrected chi connectivity index (χ0v) is 25.0. The van der Waals surface area contributed by atoms with Crippen molar-refractivity contribution in [2.45, 2.75) is 136 Å². The molecule has 5 unspecified atom stereocenters. The minimum absolute atomic E-state index is 0.179. The molecule has 1 aromatic carbocycles. The van der Waals surface area contributed by atoms with Gasteiger partial charge in [0, 0.05) is 24.6 Å². The lowest BCUT2D eigenvalue weighted by Crippen LogP contribution is -2.34. The molecule has 0 bridgehead atoms. The maximum absolute atomic E-state index is 13.8. The van der Waals surface area contributed by atoms with Crippen molar-refractivity contribution in [2.24, 2.45) is 29.1 Å². The zero-order valence-electron chi connectivity index (χ0n) is 25.0. The van der Waals surface area contributed by atoms with Crippen LogP contribution in [0.25, 0.3) is 0 Å². The lowest BCUT2D eigenvalue weighted by atomic mass is 9.73. The summed E-state index contributed by atoms with van der Waals surface area (Å²) in [6.07, 6.45) is 18.0. The van der Waals surface area contributed by atoms with Gasteiger partial charge in [-0.15, -0.1) is 0 Å². The molecule has 0 radical (unpaired) electrons. The predicted molar refractivity (Wildman–Crippen MR) is 160 cm³/mol. The number of nitrogens with zero attached hydrogens (tertiary/aromatic N) is 1. The summed E-state index contributed by atoms with van der Waals surface area (Å²) in [5, 5.41) is 0. The van der Waals surface area contributed by atoms with E-state index in [0.717, 1.165) is 82.4 Å². The largest absolute Gasteiger partial charge is 0.312 e. The molecule has 2 saturated carbocycles. The van der Waals surface area contributed by atoms with Crippen LogP contribution in [0.2, 0.25) is 0 Å². The van der Waals surface area contributed by atoms with Gasteiger partial charge in [0.15, 0.2) is 0 Å². The predicted octanol–water partition coefficient (Wildman–Crippen LogP) is 9.49. The number of hydrogen-bond donors (Lipinski definition) is 0. The van der Waals surface area contributed by atoms with E-state index in [9.17, 15) is 9.59 Å². The van der Waals surface area contributed by atoms with E-state index in [-0.39, 0.29) is 11.3 Å². The molecule has 1 aromatic rings. The summed E-state index contributed by atoms with van der Waals surface area (Å²) in [4.78, 5) is 29.4. The minimum Gasteiger partial charge on any atom is -0.312 e. The van der Waals surface area contributed by atoms with Gasteiger partial charge in [0.2, 0.25) is 5.91 Å². The van der Waals surface area contributed by atoms with Crippen LogP contribution in [0.3, 0.4) is 0 Å². The highest BCUT2D eigenvalue weighted by molar-refractivity contribution is 5.99. The number of carbonyl (C=O) groups excluding carboxylic acids is 2. The Morgan fingerprint density at radius 2 is 1.63 bits per heavy atom. The molecule has 5 atom stereocenters. The Labute approximate surface area is 233 Å². The molecule has 1 heterocycles. The van der Waals surface area contributed by atoms with Crippen LogP contribution in [0.5, 0.6) is 0 Å². The van der Waals surface area contributed by atoms with E-state index in [4.69, 9.17) is 0 Å². The number of benzene rings is 1. The van der Waals surface area contributed by atoms with Crippen LogP contribution in [0.4, 0.5) is 5.69 Å². The van der Waals surface area contributed by atoms with E-state index in [1.54, 1.807) is 0 Å². The van der Waals surface area contributed by atoms with Crippen molar-refractivity contribution in [1.29, 1.82) is 0 Å². The molecule has 1 amide bonds. The van der Waals surface area contributed by atoms with Crippen molar-refractivity contribution in [3.8, 4) is 0 Å². The first-order valence-electron chi connectivity index (χ1n) is 16.3. The molecular weight excluding hydrogens is 466 g/mol. The monoisotopic (exact) mass is 521 g/mol. The third kappa shape index (κ3) is 7.11. The van der Waals surface area contributed by atoms with E-state index >= 15 is 0 Å². The van der Waals surface area contributed by atoms with Crippen LogP contribution < -0.4 is 4.90 Å². The van der Waals surface area contributed by atoms with Gasteiger partial charge in [-0.3, -0.25) is 9.59 Å². The second-order valence-electron chi connectivity index (χ2n) is 13.4. The maximum Gasteiger partial charge on any atom is 0.233 e. The second-order valence-corrected chi connectivity index (χ2v) is 13.4. The van der Waals surface area contributed by atoms with Crippen LogP contribution in [-0.2, 0) is 9.59 Å². The third-order valence-electron chi connectivity index (χ3n) is 10.6. The molecule has 2 aliphatic carbocycles. The van der Waals surface area contributed by atoms with Crippen LogP contribution in [-0.4, -0.2) is 18.2 Å². The third-order valence-corrected chi connectivity index (χ3v) is 10.6. The van der Waals surface area contributed by atoms with Crippen LogP contribution >= 0.6 is 0 Å². The molecule has 3 heteroatoms. The van der Waals surface area contributed by atoms with E-state index < -0.39 is 0 Å². The summed E-state index contributed by atoms with van der Waals surface area (Å²) in [6.45, 7) is 10.0. The fraction of sp³-hybridized carbons (Fsp3) is 0.771. The highest BCUT2D eigenvalue weighted by Crippen LogP contribution is 2.48. The molecule has 0 aromatic heterocycles. The number of amides is 1. The average molecular weight is 522 g/mol. The van der Waals surface area contributed by atoms with Gasteiger partial charge in [-0.1, -0.05) is 84.8 Å². The van der Waals surface area contributed by atoms with Crippen LogP contribution in [0, 0.1) is 29.1 Å². The molecule has 212 valence electrons. The van der Waals surface area contributed by atoms with Crippen molar-refractivity contribution in [1.82, 2.24) is 0 Å². The summed E-state index contributed by atoms with van der Waals surface area (Å²) < 4.78 is 0. The lowest BCUT2D eigenvalue weighted by Gasteiger charge is -2.31. The molecule has 1 aliphatic heterocycles. The number of ketones is 1. The second kappa shape index (κ2) is 13.6. The topological polar surface area (TPSA) is 37.4 Å². The SMILES string of the molecule is CCCCC(C)CCC(=O)C(CCCC)C(C)C1CCCC2(CC1)CCN(c1ccc(C3CC3)cc1)C2=O. The number of unbranched alkanes of at least 4 members (excludes halogenated alkanes) is 2. The van der Waals surface area contributed by atoms with Gasteiger partial charge < -0.3 is 4.90 Å². The summed E-state index contributed by atoms with van der Waals surface area (Å²) in [7, 11) is 0. The quantitative estimate of drug-likeness (QED) is 0.244. The first kappa shape index (κ1) is 29.3. The Morgan fingerprint density at radius 1 is 0.921 bits per heavy atom. The van der Waals surface area contributed by atoms with Gasteiger partial charge in [-0.2, -0.15) is 0 Å². The van der Waals surface area contributed by atoms with Gasteiger partial charge >= 0.3 is 0 Å². The van der Waals surface area contributed by atoms with Crippen LogP contribution in [0.15, 0.2) is 24.3 Å². The van der Waals surface area contributed by atoms with E-state index in [1.165, 1.54) is 44.1 Å². The lowest BCUT2D eigenvalue weighted by molar-refractivity contribution is -0.127. The molecule has 1 saturated heterocycles. The standard InChI is InChI=1S/C35H55NO2/c1-5-7-10-26(3)13-20-33(37)32(12-8-6-2)27(4)28-11-9-22-35(23-21-28)24-25-36(34(35)38)31-18-16-30(17-19-31)29-14-15-29/h16-19,26-29,32H,5-15,20-25H2,1-4H3. The Morgan fingerprint density at radius 3 is 2.32 bits per heavy atom. The van der Waals surface area contributed by atoms with Crippen molar-refractivity contribution in [2.75, 3.05) is 11.4 Å². The number of anilines is 1. The smallest absolute Gasteiger partial charge is 0.233 e. The Bertz CT molecular complexity index is 903. The van der Waals surface area contributed by atoms with Crippen molar-refractivity contribution in [3.63, 3.8) is 0 Å². The highest BCUT2D eigenvalue weighted by Gasteiger charge is 2.48. The van der Waals surface area contributed by atoms with E-state index in [1.807, 2.05) is 0 Å². The number of rotatable bonds is 14. The van der Waals surface area contributed by atoms with Gasteiger partial charge in [0.05, 0.1) is 5.41 Å². The summed E-state index contributed by atoms with van der Waals surface area (Å²) in [6, 6.07) is 8.85. The molecule has 1 spiro atoms. The molecule has 3 nitrogen and oxygen atoms in total. The Balaban J connectivity index is 1.36. The summed E-state index contributed by atoms with van der Waals surface area (Å²) in [5.41, 5.74) is 2.34. The van der Waals surface area contributed by atoms with E-state index in [0.29, 0.717) is 29.4 Å². The normalized spacial score (nSPS) is 26.4. The van der Waals surface area contributed by atoms with Crippen molar-refractivity contribution >= 4 is 17.4 Å². The zero-order chi connectivity index (χ0) is 27.1. The summed E-state index contributed by atoms with van der Waals surface area (Å²) in [5.74, 6) is 3.49. The molecular formula is C35H55NO2. The molecule has 4 rings (SSSR count). The fourth-order valence-electron chi connectivity index (χ4n) is 7.57. The molecule has 0 N–H and O–H groups in total. The maximum atomic E-state index is 13.8. The van der Waals surface area contributed by atoms with Gasteiger partial charge in [0.1, 0.15) is 5.78 Å². The average Bonchev–Trinajstić information content (AvgIpc) is 3.75. The Hall–Kier alpha value is -1.64. The van der Waals surface area contributed by atoms with Crippen LogP contribution in [0.1, 0.15) is 142 Å². The van der Waals surface area contributed by atoms with Crippen molar-refractivity contribution < 1.29 is 9.59 Å². The first-order chi connectivity index (χ1) is 18.4. The molecule has 3 fully saturated rings. The molecule has 38 heavy (non-hydrogen) atoms. The van der Waals surface area contributed by atoms with Crippen molar-refractivity contribution in [3.05, 3.63) is 29.8 Å². The molecule has 3 aliphatic rings. The highest BCUT2D eigenvalue weighted by atomic mass is 16.2. The van der Waals surface area contributed by atoms with E-state index in [2.05, 4.69) is 56.9 Å². The fourth-order valence-corrected chi connectivity index (χ4v) is 7.57. The Kier molecular flexibility index (Phi) is 10.5. The number of carbonyl (C=O) groups is 2. The van der Waals surface area contributed by atoms with Gasteiger partial charge in [-0.25, -0.2) is 0 Å². The summed E-state index contributed by atoms with van der Waals surface area (Å²) >= 11 is 0. The minimum atomic E-state index is -0.179.